The highest BCUT2D eigenvalue weighted by Gasteiger charge is 2.60. The van der Waals surface area contributed by atoms with Crippen LogP contribution in [0.1, 0.15) is 44.3 Å². The summed E-state index contributed by atoms with van der Waals surface area (Å²) in [5, 5.41) is 48.0. The molecule has 9 N–H and O–H groups in total. The lowest BCUT2D eigenvalue weighted by atomic mass is 10.2. The minimum absolute atomic E-state index is 0.00215. The van der Waals surface area contributed by atoms with Crippen molar-refractivity contribution in [1.29, 1.82) is 0 Å². The van der Waals surface area contributed by atoms with Gasteiger partial charge in [0.2, 0.25) is 12.3 Å². The summed E-state index contributed by atoms with van der Waals surface area (Å²) in [6.45, 7) is 3.77. The second kappa shape index (κ2) is 12.3. The van der Waals surface area contributed by atoms with E-state index in [4.69, 9.17) is 10.5 Å². The second-order valence-electron chi connectivity index (χ2n) is 10.9. The third-order valence-electron chi connectivity index (χ3n) is 7.85. The molecule has 2 saturated carbocycles. The SMILES string of the molecule is COC.Cc1nn(C2(C(N)=O)CC2C)c2nc(Nc3cc4c(cn3)n(C(O)(O)O)c(=O)n4C3CCC(O)C3)ccc12.NC=O. The molecule has 2 aliphatic rings. The Morgan fingerprint density at radius 2 is 1.84 bits per heavy atom. The van der Waals surface area contributed by atoms with Gasteiger partial charge in [0.1, 0.15) is 17.2 Å². The van der Waals surface area contributed by atoms with Crippen LogP contribution in [0.3, 0.4) is 0 Å². The van der Waals surface area contributed by atoms with Crippen molar-refractivity contribution in [1.82, 2.24) is 28.9 Å². The Labute approximate surface area is 250 Å². The summed E-state index contributed by atoms with van der Waals surface area (Å²) in [5.41, 5.74) is 9.62. The normalized spacial score (nSPS) is 22.6. The number of imidazole rings is 1. The molecule has 17 nitrogen and oxygen atoms in total. The van der Waals surface area contributed by atoms with E-state index in [1.807, 2.05) is 19.9 Å². The lowest BCUT2D eigenvalue weighted by molar-refractivity contribution is -0.374. The molecule has 238 valence electrons. The maximum Gasteiger partial charge on any atom is 0.377 e. The van der Waals surface area contributed by atoms with Gasteiger partial charge in [0, 0.05) is 31.7 Å². The molecule has 0 radical (unpaired) electrons. The van der Waals surface area contributed by atoms with Crippen LogP contribution < -0.4 is 22.5 Å². The second-order valence-corrected chi connectivity index (χ2v) is 10.9. The third-order valence-corrected chi connectivity index (χ3v) is 7.85. The highest BCUT2D eigenvalue weighted by atomic mass is 16.7. The van der Waals surface area contributed by atoms with E-state index in [0.717, 1.165) is 5.39 Å². The lowest BCUT2D eigenvalue weighted by Crippen LogP contribution is -2.41. The molecule has 44 heavy (non-hydrogen) atoms. The van der Waals surface area contributed by atoms with Crippen molar-refractivity contribution in [3.05, 3.63) is 40.6 Å². The van der Waals surface area contributed by atoms with Crippen molar-refractivity contribution in [2.24, 2.45) is 17.4 Å². The smallest absolute Gasteiger partial charge is 0.377 e. The summed E-state index contributed by atoms with van der Waals surface area (Å²) < 4.78 is 7.62. The molecule has 4 aromatic rings. The standard InChI is InChI=1S/C24H28N8O6.C2H6O.CH3NO/c1-11-9-23(11,21(25)34)32-20-15(12(2)29-32)5-6-18(28-20)27-19-8-16-17(10-26-19)31(24(36,37)38)22(35)30(16)13-3-4-14(33)7-13;1-3-2;2-1-3/h5-6,8,10-11,13-14,33,36-38H,3-4,7,9H2,1-2H3,(H2,25,34)(H,26,27,28);1-2H3;1H,(H2,2,3). The first-order valence-electron chi connectivity index (χ1n) is 13.7. The summed E-state index contributed by atoms with van der Waals surface area (Å²) in [6.07, 6.45) is -0.669. The van der Waals surface area contributed by atoms with E-state index in [-0.39, 0.29) is 23.4 Å². The number of hydrogen-bond acceptors (Lipinski definition) is 12. The van der Waals surface area contributed by atoms with Crippen LogP contribution in [0.4, 0.5) is 11.6 Å². The van der Waals surface area contributed by atoms with E-state index in [0.29, 0.717) is 53.2 Å². The summed E-state index contributed by atoms with van der Waals surface area (Å²) in [6, 6.07) is 4.68. The quantitative estimate of drug-likeness (QED) is 0.104. The van der Waals surface area contributed by atoms with Gasteiger partial charge < -0.3 is 41.9 Å². The molecule has 17 heteroatoms. The number of carbonyl (C=O) groups is 2. The number of aryl methyl sites for hydroxylation is 1. The zero-order chi connectivity index (χ0) is 32.6. The van der Waals surface area contributed by atoms with Gasteiger partial charge in [-0.25, -0.2) is 24.0 Å². The van der Waals surface area contributed by atoms with Crippen molar-refractivity contribution < 1.29 is 34.8 Å². The Morgan fingerprint density at radius 1 is 1.20 bits per heavy atom. The van der Waals surface area contributed by atoms with Gasteiger partial charge in [-0.3, -0.25) is 14.2 Å². The third kappa shape index (κ3) is 5.74. The average molecular weight is 616 g/mol. The Hall–Kier alpha value is -4.42. The maximum atomic E-state index is 13.1. The van der Waals surface area contributed by atoms with Gasteiger partial charge in [-0.05, 0) is 50.7 Å². The van der Waals surface area contributed by atoms with Crippen LogP contribution in [0.5, 0.6) is 0 Å². The van der Waals surface area contributed by atoms with Gasteiger partial charge in [-0.2, -0.15) is 5.10 Å². The molecule has 4 unspecified atom stereocenters. The van der Waals surface area contributed by atoms with Gasteiger partial charge in [-0.15, -0.1) is 0 Å². The van der Waals surface area contributed by atoms with Crippen LogP contribution in [0.15, 0.2) is 29.2 Å². The number of pyridine rings is 2. The predicted octanol–water partition coefficient (Wildman–Crippen LogP) is -0.790. The minimum atomic E-state index is -3.44. The maximum absolute atomic E-state index is 13.1. The summed E-state index contributed by atoms with van der Waals surface area (Å²) in [5.74, 6) is 0.245. The number of amides is 2. The first-order valence-corrected chi connectivity index (χ1v) is 13.7. The number of aromatic nitrogens is 6. The highest BCUT2D eigenvalue weighted by Crippen LogP contribution is 2.50. The summed E-state index contributed by atoms with van der Waals surface area (Å²) in [7, 11) is 3.25. The van der Waals surface area contributed by atoms with Crippen LogP contribution in [-0.2, 0) is 26.0 Å². The predicted molar refractivity (Wildman–Crippen MR) is 157 cm³/mol. The van der Waals surface area contributed by atoms with Gasteiger partial charge in [0.05, 0.1) is 29.0 Å². The molecule has 0 saturated heterocycles. The molecule has 2 fully saturated rings. The van der Waals surface area contributed by atoms with Crippen LogP contribution in [0.25, 0.3) is 22.1 Å². The van der Waals surface area contributed by atoms with Crippen LogP contribution >= 0.6 is 0 Å². The number of methoxy groups -OCH3 is 1. The molecule has 4 atom stereocenters. The van der Waals surface area contributed by atoms with Crippen molar-refractivity contribution in [2.75, 3.05) is 19.5 Å². The van der Waals surface area contributed by atoms with Crippen LogP contribution in [-0.4, -0.2) is 81.9 Å². The molecule has 4 aromatic heterocycles. The van der Waals surface area contributed by atoms with Crippen molar-refractivity contribution in [3.63, 3.8) is 0 Å². The Morgan fingerprint density at radius 3 is 2.36 bits per heavy atom. The zero-order valence-corrected chi connectivity index (χ0v) is 24.7. The number of nitrogens with zero attached hydrogens (tertiary/aromatic N) is 6. The highest BCUT2D eigenvalue weighted by molar-refractivity contribution is 5.90. The number of primary amides is 2. The van der Waals surface area contributed by atoms with Gasteiger partial charge in [-0.1, -0.05) is 6.92 Å². The fraction of sp³-hybridized carbons (Fsp3) is 0.481. The molecule has 4 heterocycles. The van der Waals surface area contributed by atoms with Crippen LogP contribution in [0, 0.1) is 12.8 Å². The van der Waals surface area contributed by atoms with E-state index in [1.165, 1.54) is 16.8 Å². The monoisotopic (exact) mass is 615 g/mol. The number of ether oxygens (including phenoxy) is 1. The number of fused-ring (bicyclic) bond motifs is 2. The molecule has 2 amide bonds. The van der Waals surface area contributed by atoms with Gasteiger partial charge >= 0.3 is 11.8 Å². The number of hydrogen-bond donors (Lipinski definition) is 7. The first kappa shape index (κ1) is 32.5. The molecule has 6 rings (SSSR count). The first-order chi connectivity index (χ1) is 20.7. The Balaban J connectivity index is 0.000000683. The number of nitrogens with one attached hydrogen (secondary N) is 1. The Bertz CT molecular complexity index is 1740. The number of carbonyl (C=O) groups excluding carboxylic acids is 2. The van der Waals surface area contributed by atoms with E-state index in [2.05, 4.69) is 30.9 Å². The Kier molecular flexibility index (Phi) is 9.08. The molecule has 0 aliphatic heterocycles. The van der Waals surface area contributed by atoms with Crippen molar-refractivity contribution >= 4 is 46.0 Å². The molecule has 0 spiro atoms. The number of aliphatic hydroxyl groups excluding tert-OH is 1. The fourth-order valence-electron chi connectivity index (χ4n) is 5.77. The fourth-order valence-corrected chi connectivity index (χ4v) is 5.77. The largest absolute Gasteiger partial charge is 0.393 e. The van der Waals surface area contributed by atoms with Crippen molar-refractivity contribution in [2.45, 2.75) is 63.3 Å². The van der Waals surface area contributed by atoms with Crippen molar-refractivity contribution in [3.8, 4) is 0 Å². The average Bonchev–Trinajstić information content (AvgIpc) is 3.17. The van der Waals surface area contributed by atoms with E-state index < -0.39 is 35.4 Å². The van der Waals surface area contributed by atoms with E-state index in [9.17, 15) is 30.0 Å². The number of rotatable bonds is 6. The van der Waals surface area contributed by atoms with Gasteiger partial charge in [0.25, 0.3) is 0 Å². The number of aliphatic hydroxyl groups is 4. The number of nitrogens with two attached hydrogens (primary N) is 2. The molecule has 0 bridgehead atoms. The van der Waals surface area contributed by atoms with E-state index >= 15 is 0 Å². The van der Waals surface area contributed by atoms with E-state index in [1.54, 1.807) is 25.0 Å². The molecule has 0 aromatic carbocycles. The topological polar surface area (TPSA) is 259 Å². The minimum Gasteiger partial charge on any atom is -0.393 e. The molecular formula is C27H37N9O8. The number of anilines is 2. The molecular weight excluding hydrogens is 578 g/mol. The summed E-state index contributed by atoms with van der Waals surface area (Å²) >= 11 is 0. The molecule has 2 aliphatic carbocycles. The summed E-state index contributed by atoms with van der Waals surface area (Å²) in [4.78, 5) is 43.0. The zero-order valence-electron chi connectivity index (χ0n) is 24.7. The van der Waals surface area contributed by atoms with Gasteiger partial charge in [0.15, 0.2) is 5.65 Å². The lowest BCUT2D eigenvalue weighted by Gasteiger charge is -2.15. The van der Waals surface area contributed by atoms with Crippen LogP contribution in [0.2, 0.25) is 0 Å².